The van der Waals surface area contributed by atoms with Gasteiger partial charge in [0, 0.05) is 21.9 Å². The van der Waals surface area contributed by atoms with Crippen LogP contribution in [0, 0.1) is 5.92 Å². The lowest BCUT2D eigenvalue weighted by Crippen LogP contribution is -2.07. The summed E-state index contributed by atoms with van der Waals surface area (Å²) in [5.41, 5.74) is 1.73. The molecule has 18 heavy (non-hydrogen) atoms. The summed E-state index contributed by atoms with van der Waals surface area (Å²) in [7, 11) is 1.65. The smallest absolute Gasteiger partial charge is 0.165 e. The van der Waals surface area contributed by atoms with Crippen molar-refractivity contribution < 1.29 is 9.53 Å². The minimum Gasteiger partial charge on any atom is -0.496 e. The fourth-order valence-corrected chi connectivity index (χ4v) is 2.57. The van der Waals surface area contributed by atoms with Gasteiger partial charge < -0.3 is 4.74 Å². The average molecular weight is 260 g/mol. The van der Waals surface area contributed by atoms with Crippen LogP contribution in [-0.4, -0.2) is 12.9 Å². The maximum Gasteiger partial charge on any atom is 0.165 e. The SMILES string of the molecule is COc1ccc(C(=O)C(C)C)cc1-c1cccs1. The summed E-state index contributed by atoms with van der Waals surface area (Å²) in [4.78, 5) is 13.1. The van der Waals surface area contributed by atoms with Crippen LogP contribution in [0.5, 0.6) is 5.75 Å². The lowest BCUT2D eigenvalue weighted by Gasteiger charge is -2.10. The monoisotopic (exact) mass is 260 g/mol. The van der Waals surface area contributed by atoms with Gasteiger partial charge in [-0.2, -0.15) is 0 Å². The Kier molecular flexibility index (Phi) is 3.82. The van der Waals surface area contributed by atoms with E-state index in [1.165, 1.54) is 0 Å². The minimum absolute atomic E-state index is 0.00887. The van der Waals surface area contributed by atoms with E-state index >= 15 is 0 Å². The highest BCUT2D eigenvalue weighted by atomic mass is 32.1. The van der Waals surface area contributed by atoms with Crippen LogP contribution in [0.1, 0.15) is 24.2 Å². The molecule has 1 heterocycles. The molecule has 0 saturated carbocycles. The van der Waals surface area contributed by atoms with Crippen LogP contribution >= 0.6 is 11.3 Å². The highest BCUT2D eigenvalue weighted by molar-refractivity contribution is 7.13. The molecule has 3 heteroatoms. The zero-order valence-electron chi connectivity index (χ0n) is 10.8. The van der Waals surface area contributed by atoms with Crippen LogP contribution in [0.15, 0.2) is 35.7 Å². The number of ether oxygens (including phenoxy) is 1. The molecule has 0 aliphatic heterocycles. The largest absolute Gasteiger partial charge is 0.496 e. The van der Waals surface area contributed by atoms with E-state index in [1.807, 2.05) is 49.6 Å². The number of Topliss-reactive ketones (excluding diaryl/α,β-unsaturated/α-hetero) is 1. The molecule has 0 bridgehead atoms. The molecule has 1 aromatic heterocycles. The van der Waals surface area contributed by atoms with Crippen molar-refractivity contribution in [1.82, 2.24) is 0 Å². The molecule has 0 amide bonds. The van der Waals surface area contributed by atoms with Crippen molar-refractivity contribution in [3.8, 4) is 16.2 Å². The lowest BCUT2D eigenvalue weighted by molar-refractivity contribution is 0.0939. The van der Waals surface area contributed by atoms with E-state index < -0.39 is 0 Å². The Morgan fingerprint density at radius 3 is 2.61 bits per heavy atom. The number of ketones is 1. The van der Waals surface area contributed by atoms with Gasteiger partial charge >= 0.3 is 0 Å². The van der Waals surface area contributed by atoms with Gasteiger partial charge in [-0.1, -0.05) is 19.9 Å². The second-order valence-corrected chi connectivity index (χ2v) is 5.36. The molecule has 94 valence electrons. The summed E-state index contributed by atoms with van der Waals surface area (Å²) in [5.74, 6) is 0.975. The van der Waals surface area contributed by atoms with Crippen molar-refractivity contribution >= 4 is 17.1 Å². The van der Waals surface area contributed by atoms with Crippen molar-refractivity contribution in [3.63, 3.8) is 0 Å². The third-order valence-electron chi connectivity index (χ3n) is 2.80. The maximum absolute atomic E-state index is 12.0. The van der Waals surface area contributed by atoms with Crippen LogP contribution in [0.4, 0.5) is 0 Å². The zero-order chi connectivity index (χ0) is 13.1. The van der Waals surface area contributed by atoms with Crippen LogP contribution in [0.2, 0.25) is 0 Å². The molecule has 0 fully saturated rings. The Morgan fingerprint density at radius 2 is 2.06 bits per heavy atom. The fraction of sp³-hybridized carbons (Fsp3) is 0.267. The summed E-state index contributed by atoms with van der Waals surface area (Å²) >= 11 is 1.64. The van der Waals surface area contributed by atoms with Gasteiger partial charge in [-0.25, -0.2) is 0 Å². The zero-order valence-corrected chi connectivity index (χ0v) is 11.6. The molecule has 1 aromatic carbocycles. The standard InChI is InChI=1S/C15H16O2S/c1-10(2)15(16)11-6-7-13(17-3)12(9-11)14-5-4-8-18-14/h4-10H,1-3H3. The molecule has 0 radical (unpaired) electrons. The Morgan fingerprint density at radius 1 is 1.28 bits per heavy atom. The normalized spacial score (nSPS) is 10.7. The molecule has 0 unspecified atom stereocenters. The summed E-state index contributed by atoms with van der Waals surface area (Å²) in [6.07, 6.45) is 0. The van der Waals surface area contributed by atoms with E-state index in [0.29, 0.717) is 0 Å². The summed E-state index contributed by atoms with van der Waals surface area (Å²) < 4.78 is 5.36. The third-order valence-corrected chi connectivity index (χ3v) is 3.70. The molecule has 0 spiro atoms. The Balaban J connectivity index is 2.50. The van der Waals surface area contributed by atoms with Gasteiger partial charge in [-0.05, 0) is 29.6 Å². The predicted molar refractivity (Wildman–Crippen MR) is 75.5 cm³/mol. The fourth-order valence-electron chi connectivity index (χ4n) is 1.82. The molecule has 2 nitrogen and oxygen atoms in total. The first-order valence-electron chi connectivity index (χ1n) is 5.89. The van der Waals surface area contributed by atoms with Gasteiger partial charge in [0.1, 0.15) is 5.75 Å². The molecular weight excluding hydrogens is 244 g/mol. The van der Waals surface area contributed by atoms with Gasteiger partial charge in [0.2, 0.25) is 0 Å². The summed E-state index contributed by atoms with van der Waals surface area (Å²) in [5, 5.41) is 2.02. The van der Waals surface area contributed by atoms with E-state index in [-0.39, 0.29) is 11.7 Å². The molecule has 0 aliphatic carbocycles. The summed E-state index contributed by atoms with van der Waals surface area (Å²) in [6.45, 7) is 3.83. The van der Waals surface area contributed by atoms with E-state index in [9.17, 15) is 4.79 Å². The van der Waals surface area contributed by atoms with Crippen molar-refractivity contribution in [3.05, 3.63) is 41.3 Å². The molecule has 0 saturated heterocycles. The number of carbonyl (C=O) groups is 1. The number of thiophene rings is 1. The van der Waals surface area contributed by atoms with Crippen molar-refractivity contribution in [2.75, 3.05) is 7.11 Å². The molecule has 2 rings (SSSR count). The highest BCUT2D eigenvalue weighted by Gasteiger charge is 2.14. The average Bonchev–Trinajstić information content (AvgIpc) is 2.90. The minimum atomic E-state index is 0.00887. The van der Waals surface area contributed by atoms with E-state index in [0.717, 1.165) is 21.8 Å². The lowest BCUT2D eigenvalue weighted by atomic mass is 9.98. The Labute approximate surface area is 111 Å². The quantitative estimate of drug-likeness (QED) is 0.768. The Hall–Kier alpha value is -1.61. The number of benzene rings is 1. The molecule has 0 N–H and O–H groups in total. The first-order valence-corrected chi connectivity index (χ1v) is 6.77. The van der Waals surface area contributed by atoms with Crippen LogP contribution in [-0.2, 0) is 0 Å². The van der Waals surface area contributed by atoms with Crippen molar-refractivity contribution in [1.29, 1.82) is 0 Å². The predicted octanol–water partition coefficient (Wildman–Crippen LogP) is 4.26. The number of rotatable bonds is 4. The topological polar surface area (TPSA) is 26.3 Å². The van der Waals surface area contributed by atoms with Gasteiger partial charge in [0.15, 0.2) is 5.78 Å². The van der Waals surface area contributed by atoms with Crippen LogP contribution < -0.4 is 4.74 Å². The van der Waals surface area contributed by atoms with Crippen LogP contribution in [0.3, 0.4) is 0 Å². The highest BCUT2D eigenvalue weighted by Crippen LogP contribution is 2.34. The molecule has 2 aromatic rings. The number of hydrogen-bond donors (Lipinski definition) is 0. The number of carbonyl (C=O) groups excluding carboxylic acids is 1. The number of hydrogen-bond acceptors (Lipinski definition) is 3. The molecular formula is C15H16O2S. The van der Waals surface area contributed by atoms with Gasteiger partial charge in [0.25, 0.3) is 0 Å². The van der Waals surface area contributed by atoms with Crippen molar-refractivity contribution in [2.24, 2.45) is 5.92 Å². The third kappa shape index (κ3) is 2.46. The Bertz CT molecular complexity index is 542. The van der Waals surface area contributed by atoms with E-state index in [4.69, 9.17) is 4.74 Å². The van der Waals surface area contributed by atoms with Crippen molar-refractivity contribution in [2.45, 2.75) is 13.8 Å². The second-order valence-electron chi connectivity index (χ2n) is 4.41. The summed E-state index contributed by atoms with van der Waals surface area (Å²) in [6, 6.07) is 9.65. The first kappa shape index (κ1) is 12.8. The van der Waals surface area contributed by atoms with Gasteiger partial charge in [-0.3, -0.25) is 4.79 Å². The second kappa shape index (κ2) is 5.36. The number of methoxy groups -OCH3 is 1. The molecule has 0 aliphatic rings. The van der Waals surface area contributed by atoms with E-state index in [1.54, 1.807) is 18.4 Å². The molecule has 0 atom stereocenters. The first-order chi connectivity index (χ1) is 8.63. The van der Waals surface area contributed by atoms with Gasteiger partial charge in [0.05, 0.1) is 7.11 Å². The maximum atomic E-state index is 12.0. The van der Waals surface area contributed by atoms with E-state index in [2.05, 4.69) is 0 Å². The van der Waals surface area contributed by atoms with Gasteiger partial charge in [-0.15, -0.1) is 11.3 Å². The van der Waals surface area contributed by atoms with Crippen LogP contribution in [0.25, 0.3) is 10.4 Å².